The molecule has 28 heavy (non-hydrogen) atoms. The largest absolute Gasteiger partial charge is 0.493 e. The maximum absolute atomic E-state index is 13.0. The van der Waals surface area contributed by atoms with Gasteiger partial charge in [-0.2, -0.15) is 0 Å². The molecular formula is C22H24N2O3S. The van der Waals surface area contributed by atoms with Crippen LogP contribution in [0.4, 0.5) is 0 Å². The van der Waals surface area contributed by atoms with Crippen molar-refractivity contribution in [2.45, 2.75) is 32.9 Å². The zero-order valence-electron chi connectivity index (χ0n) is 16.0. The Balaban J connectivity index is 1.88. The number of hydrogen-bond acceptors (Lipinski definition) is 4. The second-order valence-electron chi connectivity index (χ2n) is 6.52. The molecule has 5 nitrogen and oxygen atoms in total. The van der Waals surface area contributed by atoms with Crippen LogP contribution in [0.15, 0.2) is 65.9 Å². The van der Waals surface area contributed by atoms with Gasteiger partial charge in [-0.15, -0.1) is 0 Å². The van der Waals surface area contributed by atoms with Gasteiger partial charge in [0.15, 0.2) is 5.11 Å². The first kappa shape index (κ1) is 19.9. The van der Waals surface area contributed by atoms with Gasteiger partial charge in [0.1, 0.15) is 12.4 Å². The molecule has 1 aliphatic heterocycles. The van der Waals surface area contributed by atoms with Gasteiger partial charge in [-0.3, -0.25) is 0 Å². The Morgan fingerprint density at radius 2 is 1.82 bits per heavy atom. The Hall–Kier alpha value is -2.86. The molecule has 2 aromatic carbocycles. The predicted octanol–water partition coefficient (Wildman–Crippen LogP) is 4.01. The third-order valence-corrected chi connectivity index (χ3v) is 4.61. The van der Waals surface area contributed by atoms with Crippen molar-refractivity contribution in [3.63, 3.8) is 0 Å². The molecule has 0 bridgehead atoms. The maximum atomic E-state index is 13.0. The summed E-state index contributed by atoms with van der Waals surface area (Å²) in [5, 5.41) is 6.68. The molecule has 0 radical (unpaired) electrons. The fourth-order valence-corrected chi connectivity index (χ4v) is 3.33. The van der Waals surface area contributed by atoms with Gasteiger partial charge < -0.3 is 20.1 Å². The van der Waals surface area contributed by atoms with Gasteiger partial charge in [-0.1, -0.05) is 55.5 Å². The van der Waals surface area contributed by atoms with Gasteiger partial charge in [-0.05, 0) is 37.2 Å². The summed E-state index contributed by atoms with van der Waals surface area (Å²) in [5.41, 5.74) is 2.96. The van der Waals surface area contributed by atoms with Crippen LogP contribution < -0.4 is 15.4 Å². The van der Waals surface area contributed by atoms with Crippen molar-refractivity contribution in [1.82, 2.24) is 10.6 Å². The van der Waals surface area contributed by atoms with Gasteiger partial charge in [0.2, 0.25) is 0 Å². The quantitative estimate of drug-likeness (QED) is 0.545. The lowest BCUT2D eigenvalue weighted by Crippen LogP contribution is -2.45. The maximum Gasteiger partial charge on any atom is 0.338 e. The molecule has 0 aliphatic carbocycles. The topological polar surface area (TPSA) is 59.6 Å². The van der Waals surface area contributed by atoms with E-state index in [0.29, 0.717) is 23.0 Å². The van der Waals surface area contributed by atoms with Crippen LogP contribution in [0, 0.1) is 0 Å². The second kappa shape index (κ2) is 9.37. The van der Waals surface area contributed by atoms with Crippen LogP contribution in [0.25, 0.3) is 0 Å². The molecule has 0 unspecified atom stereocenters. The Bertz CT molecular complexity index is 880. The highest BCUT2D eigenvalue weighted by Crippen LogP contribution is 2.33. The summed E-state index contributed by atoms with van der Waals surface area (Å²) < 4.78 is 11.5. The third-order valence-electron chi connectivity index (χ3n) is 4.39. The number of rotatable bonds is 7. The van der Waals surface area contributed by atoms with Crippen LogP contribution in [-0.2, 0) is 16.1 Å². The van der Waals surface area contributed by atoms with Crippen LogP contribution in [0.5, 0.6) is 5.75 Å². The summed E-state index contributed by atoms with van der Waals surface area (Å²) in [6.07, 6.45) is 0.896. The molecule has 0 spiro atoms. The molecule has 0 amide bonds. The first-order chi connectivity index (χ1) is 13.6. The number of thiocarbonyl (C=S) groups is 1. The molecule has 2 aromatic rings. The summed E-state index contributed by atoms with van der Waals surface area (Å²) in [5.74, 6) is 0.340. The zero-order chi connectivity index (χ0) is 19.9. The van der Waals surface area contributed by atoms with Crippen LogP contribution in [0.1, 0.15) is 37.4 Å². The molecule has 3 rings (SSSR count). The molecule has 1 atom stereocenters. The summed E-state index contributed by atoms with van der Waals surface area (Å²) in [7, 11) is 0. The first-order valence-corrected chi connectivity index (χ1v) is 9.72. The molecule has 1 heterocycles. The number of hydrogen-bond donors (Lipinski definition) is 2. The average molecular weight is 397 g/mol. The predicted molar refractivity (Wildman–Crippen MR) is 113 cm³/mol. The van der Waals surface area contributed by atoms with E-state index < -0.39 is 6.04 Å². The van der Waals surface area contributed by atoms with E-state index in [9.17, 15) is 4.79 Å². The Labute approximate surface area is 170 Å². The van der Waals surface area contributed by atoms with E-state index in [2.05, 4.69) is 17.6 Å². The van der Waals surface area contributed by atoms with Crippen molar-refractivity contribution < 1.29 is 14.3 Å². The average Bonchev–Trinajstić information content (AvgIpc) is 2.71. The molecule has 6 heteroatoms. The molecule has 0 fully saturated rings. The Morgan fingerprint density at radius 1 is 1.11 bits per heavy atom. The van der Waals surface area contributed by atoms with Gasteiger partial charge in [0.05, 0.1) is 18.2 Å². The highest BCUT2D eigenvalue weighted by atomic mass is 32.1. The van der Waals surface area contributed by atoms with E-state index in [1.54, 1.807) is 0 Å². The van der Waals surface area contributed by atoms with Gasteiger partial charge in [0, 0.05) is 11.3 Å². The third kappa shape index (κ3) is 4.70. The number of allylic oxidation sites excluding steroid dienone is 1. The first-order valence-electron chi connectivity index (χ1n) is 9.31. The van der Waals surface area contributed by atoms with Crippen LogP contribution >= 0.6 is 12.2 Å². The standard InChI is InChI=1S/C22H24N2O3S/c1-3-13-26-18-12-8-7-11-17(18)20-19(15(2)23-22(28)24-20)21(25)27-14-16-9-5-4-6-10-16/h4-12,20H,3,13-14H2,1-2H3,(H2,23,24,28)/t20-/m1/s1. The van der Waals surface area contributed by atoms with E-state index >= 15 is 0 Å². The van der Waals surface area contributed by atoms with Crippen molar-refractivity contribution >= 4 is 23.3 Å². The SMILES string of the molecule is CCCOc1ccccc1[C@H]1NC(=S)NC(C)=C1C(=O)OCc1ccccc1. The second-order valence-corrected chi connectivity index (χ2v) is 6.93. The lowest BCUT2D eigenvalue weighted by Gasteiger charge is -2.30. The normalized spacial score (nSPS) is 16.2. The van der Waals surface area contributed by atoms with E-state index in [4.69, 9.17) is 21.7 Å². The minimum atomic E-state index is -0.440. The van der Waals surface area contributed by atoms with Crippen molar-refractivity contribution in [2.75, 3.05) is 6.61 Å². The fraction of sp³-hybridized carbons (Fsp3) is 0.273. The highest BCUT2D eigenvalue weighted by molar-refractivity contribution is 7.80. The number of para-hydroxylation sites is 1. The molecule has 0 aromatic heterocycles. The van der Waals surface area contributed by atoms with E-state index in [-0.39, 0.29) is 12.6 Å². The van der Waals surface area contributed by atoms with Crippen LogP contribution in [0.2, 0.25) is 0 Å². The lowest BCUT2D eigenvalue weighted by molar-refractivity contribution is -0.140. The molecule has 0 saturated heterocycles. The number of carbonyl (C=O) groups excluding carboxylic acids is 1. The highest BCUT2D eigenvalue weighted by Gasteiger charge is 2.32. The lowest BCUT2D eigenvalue weighted by atomic mass is 9.95. The molecular weight excluding hydrogens is 372 g/mol. The number of ether oxygens (including phenoxy) is 2. The number of carbonyl (C=O) groups is 1. The minimum absolute atomic E-state index is 0.210. The molecule has 0 saturated carbocycles. The van der Waals surface area contributed by atoms with Crippen molar-refractivity contribution in [3.05, 3.63) is 77.0 Å². The van der Waals surface area contributed by atoms with Gasteiger partial charge >= 0.3 is 5.97 Å². The monoisotopic (exact) mass is 396 g/mol. The summed E-state index contributed by atoms with van der Waals surface area (Å²) in [6.45, 7) is 4.69. The minimum Gasteiger partial charge on any atom is -0.493 e. The Kier molecular flexibility index (Phi) is 6.66. The number of esters is 1. The molecule has 146 valence electrons. The van der Waals surface area contributed by atoms with Crippen LogP contribution in [0.3, 0.4) is 0 Å². The molecule has 2 N–H and O–H groups in total. The Morgan fingerprint density at radius 3 is 2.57 bits per heavy atom. The van der Waals surface area contributed by atoms with Gasteiger partial charge in [-0.25, -0.2) is 4.79 Å². The van der Waals surface area contributed by atoms with E-state index in [1.807, 2.05) is 61.5 Å². The molecule has 1 aliphatic rings. The van der Waals surface area contributed by atoms with Crippen molar-refractivity contribution in [3.8, 4) is 5.75 Å². The summed E-state index contributed by atoms with van der Waals surface area (Å²) in [6, 6.07) is 16.8. The van der Waals surface area contributed by atoms with E-state index in [1.165, 1.54) is 0 Å². The van der Waals surface area contributed by atoms with Crippen LogP contribution in [-0.4, -0.2) is 17.7 Å². The number of nitrogens with one attached hydrogen (secondary N) is 2. The fourth-order valence-electron chi connectivity index (χ4n) is 3.06. The van der Waals surface area contributed by atoms with Gasteiger partial charge in [0.25, 0.3) is 0 Å². The smallest absolute Gasteiger partial charge is 0.338 e. The summed E-state index contributed by atoms with van der Waals surface area (Å²) >= 11 is 5.32. The van der Waals surface area contributed by atoms with E-state index in [0.717, 1.165) is 23.3 Å². The summed E-state index contributed by atoms with van der Waals surface area (Å²) in [4.78, 5) is 13.0. The van der Waals surface area contributed by atoms with Crippen molar-refractivity contribution in [1.29, 1.82) is 0 Å². The zero-order valence-corrected chi connectivity index (χ0v) is 16.8. The number of benzene rings is 2. The van der Waals surface area contributed by atoms with Crippen molar-refractivity contribution in [2.24, 2.45) is 0 Å².